The molecule has 8 heteroatoms. The molecule has 1 N–H and O–H groups in total. The van der Waals surface area contributed by atoms with Gasteiger partial charge in [0, 0.05) is 5.57 Å². The summed E-state index contributed by atoms with van der Waals surface area (Å²) in [5.74, 6) is -0.547. The number of aliphatic hydroxyl groups is 1. The molecule has 0 fully saturated rings. The normalized spacial score (nSPS) is 19.7. The zero-order chi connectivity index (χ0) is 19.8. The molecule has 0 saturated heterocycles. The first-order valence-electron chi connectivity index (χ1n) is 7.45. The zero-order valence-electron chi connectivity index (χ0n) is 13.4. The zero-order valence-corrected chi connectivity index (χ0v) is 13.4. The maximum atomic E-state index is 12.5. The lowest BCUT2D eigenvalue weighted by molar-refractivity contribution is -0.347. The highest BCUT2D eigenvalue weighted by atomic mass is 19.4. The summed E-state index contributed by atoms with van der Waals surface area (Å²) in [6.45, 7) is 1.68. The molecular formula is C18H14F6O2. The Labute approximate surface area is 145 Å². The van der Waals surface area contributed by atoms with Crippen LogP contribution in [0, 0.1) is 5.92 Å². The largest absolute Gasteiger partial charge is 0.430 e. The van der Waals surface area contributed by atoms with Gasteiger partial charge < -0.3 is 5.11 Å². The highest BCUT2D eigenvalue weighted by Gasteiger charge is 2.68. The summed E-state index contributed by atoms with van der Waals surface area (Å²) >= 11 is 0. The van der Waals surface area contributed by atoms with E-state index in [0.29, 0.717) is 22.8 Å². The van der Waals surface area contributed by atoms with E-state index in [4.69, 9.17) is 5.11 Å². The van der Waals surface area contributed by atoms with Crippen LogP contribution >= 0.6 is 0 Å². The van der Waals surface area contributed by atoms with E-state index in [1.807, 2.05) is 0 Å². The van der Waals surface area contributed by atoms with Crippen LogP contribution in [0.25, 0.3) is 0 Å². The minimum Gasteiger partial charge on any atom is -0.370 e. The Morgan fingerprint density at radius 1 is 0.962 bits per heavy atom. The molecule has 0 heterocycles. The molecule has 0 aromatic carbocycles. The molecule has 26 heavy (non-hydrogen) atoms. The van der Waals surface area contributed by atoms with Crippen LogP contribution in [0.4, 0.5) is 26.3 Å². The topological polar surface area (TPSA) is 37.3 Å². The van der Waals surface area contributed by atoms with Gasteiger partial charge in [-0.3, -0.25) is 4.79 Å². The van der Waals surface area contributed by atoms with Crippen LogP contribution in [0.15, 0.2) is 71.4 Å². The summed E-state index contributed by atoms with van der Waals surface area (Å²) in [5, 5.41) is 9.00. The van der Waals surface area contributed by atoms with Crippen molar-refractivity contribution in [3.8, 4) is 0 Å². The maximum Gasteiger partial charge on any atom is 0.430 e. The van der Waals surface area contributed by atoms with Crippen molar-refractivity contribution in [3.05, 3.63) is 71.4 Å². The summed E-state index contributed by atoms with van der Waals surface area (Å²) in [7, 11) is 0. The average molecular weight is 376 g/mol. The first-order valence-corrected chi connectivity index (χ1v) is 7.45. The number of hydrogen-bond donors (Lipinski definition) is 1. The van der Waals surface area contributed by atoms with Crippen LogP contribution < -0.4 is 0 Å². The molecule has 2 nitrogen and oxygen atoms in total. The molecule has 0 aromatic rings. The van der Waals surface area contributed by atoms with Crippen molar-refractivity contribution in [3.63, 3.8) is 0 Å². The number of carbonyl (C=O) groups is 1. The molecule has 1 atom stereocenters. The fourth-order valence-corrected chi connectivity index (χ4v) is 2.51. The Balaban J connectivity index is 2.13. The van der Waals surface area contributed by atoms with E-state index in [0.717, 1.165) is 6.08 Å². The van der Waals surface area contributed by atoms with E-state index in [1.54, 1.807) is 31.2 Å². The minimum atomic E-state index is -5.90. The van der Waals surface area contributed by atoms with Crippen molar-refractivity contribution in [2.24, 2.45) is 5.92 Å². The second-order valence-electron chi connectivity index (χ2n) is 5.80. The predicted molar refractivity (Wildman–Crippen MR) is 82.9 cm³/mol. The molecular weight excluding hydrogens is 362 g/mol. The van der Waals surface area contributed by atoms with Gasteiger partial charge >= 0.3 is 12.4 Å². The van der Waals surface area contributed by atoms with Crippen LogP contribution in [-0.4, -0.2) is 28.8 Å². The Kier molecular flexibility index (Phi) is 5.19. The standard InChI is InChI=1S/C18H14F6O2/c1-11(12-8-9-14-13(12)6-4-7-15(14)25)5-2-3-10-16(26,17(19,20)21)18(22,23)24/h2-11,26H,1H3. The van der Waals surface area contributed by atoms with Crippen LogP contribution in [0.5, 0.6) is 0 Å². The van der Waals surface area contributed by atoms with E-state index in [2.05, 4.69) is 0 Å². The fraction of sp³-hybridized carbons (Fsp3) is 0.278. The molecule has 2 aliphatic carbocycles. The lowest BCUT2D eigenvalue weighted by Gasteiger charge is -2.29. The highest BCUT2D eigenvalue weighted by Crippen LogP contribution is 2.44. The first-order chi connectivity index (χ1) is 11.9. The van der Waals surface area contributed by atoms with Crippen molar-refractivity contribution < 1.29 is 36.2 Å². The van der Waals surface area contributed by atoms with Crippen molar-refractivity contribution >= 4 is 5.78 Å². The second kappa shape index (κ2) is 6.75. The summed E-state index contributed by atoms with van der Waals surface area (Å²) in [6, 6.07) is 0. The van der Waals surface area contributed by atoms with Gasteiger partial charge in [-0.1, -0.05) is 49.5 Å². The van der Waals surface area contributed by atoms with Gasteiger partial charge in [0.25, 0.3) is 5.60 Å². The van der Waals surface area contributed by atoms with E-state index < -0.39 is 18.0 Å². The summed E-state index contributed by atoms with van der Waals surface area (Å²) < 4.78 is 75.3. The van der Waals surface area contributed by atoms with Gasteiger partial charge in [-0.25, -0.2) is 0 Å². The van der Waals surface area contributed by atoms with Crippen molar-refractivity contribution in [2.75, 3.05) is 0 Å². The number of hydrogen-bond acceptors (Lipinski definition) is 2. The SMILES string of the molecule is CC(C=CC=CC(O)(C(F)(F)F)C(F)(F)F)C1=CC=C2C(=O)C=CC=C21. The van der Waals surface area contributed by atoms with E-state index in [1.165, 1.54) is 12.2 Å². The highest BCUT2D eigenvalue weighted by molar-refractivity contribution is 6.10. The third kappa shape index (κ3) is 3.60. The van der Waals surface area contributed by atoms with E-state index >= 15 is 0 Å². The number of carbonyl (C=O) groups excluding carboxylic acids is 1. The third-order valence-corrected chi connectivity index (χ3v) is 4.01. The van der Waals surface area contributed by atoms with E-state index in [-0.39, 0.29) is 17.8 Å². The quantitative estimate of drug-likeness (QED) is 0.579. The predicted octanol–water partition coefficient (Wildman–Crippen LogP) is 4.52. The molecule has 0 bridgehead atoms. The Bertz CT molecular complexity index is 758. The molecule has 0 radical (unpaired) electrons. The van der Waals surface area contributed by atoms with Gasteiger partial charge in [-0.2, -0.15) is 26.3 Å². The number of ketones is 1. The number of rotatable bonds is 4. The number of alkyl halides is 6. The molecule has 1 unspecified atom stereocenters. The average Bonchev–Trinajstić information content (AvgIpc) is 2.94. The lowest BCUT2D eigenvalue weighted by Crippen LogP contribution is -2.55. The summed E-state index contributed by atoms with van der Waals surface area (Å²) in [5.41, 5.74) is -3.05. The number of allylic oxidation sites excluding steroid dienone is 11. The minimum absolute atomic E-state index is 0.176. The van der Waals surface area contributed by atoms with Gasteiger partial charge in [0.05, 0.1) is 0 Å². The van der Waals surface area contributed by atoms with Gasteiger partial charge in [-0.05, 0) is 29.2 Å². The van der Waals surface area contributed by atoms with Gasteiger partial charge in [0.2, 0.25) is 0 Å². The second-order valence-corrected chi connectivity index (χ2v) is 5.80. The van der Waals surface area contributed by atoms with Crippen molar-refractivity contribution in [1.29, 1.82) is 0 Å². The van der Waals surface area contributed by atoms with E-state index in [9.17, 15) is 31.1 Å². The first kappa shape index (κ1) is 20.0. The molecule has 0 aromatic heterocycles. The maximum absolute atomic E-state index is 12.5. The van der Waals surface area contributed by atoms with Gasteiger partial charge in [0.15, 0.2) is 5.78 Å². The summed E-state index contributed by atoms with van der Waals surface area (Å²) in [6.07, 6.45) is -1.31. The molecule has 0 amide bonds. The van der Waals surface area contributed by atoms with Crippen LogP contribution in [0.2, 0.25) is 0 Å². The summed E-state index contributed by atoms with van der Waals surface area (Å²) in [4.78, 5) is 11.7. The van der Waals surface area contributed by atoms with Gasteiger partial charge in [0.1, 0.15) is 0 Å². The fourth-order valence-electron chi connectivity index (χ4n) is 2.51. The molecule has 2 aliphatic rings. The van der Waals surface area contributed by atoms with Crippen molar-refractivity contribution in [1.82, 2.24) is 0 Å². The smallest absolute Gasteiger partial charge is 0.370 e. The molecule has 140 valence electrons. The van der Waals surface area contributed by atoms with Crippen LogP contribution in [-0.2, 0) is 4.79 Å². The molecule has 0 aliphatic heterocycles. The number of halogens is 6. The monoisotopic (exact) mass is 376 g/mol. The molecule has 0 spiro atoms. The van der Waals surface area contributed by atoms with Gasteiger partial charge in [-0.15, -0.1) is 0 Å². The van der Waals surface area contributed by atoms with Crippen LogP contribution in [0.1, 0.15) is 6.92 Å². The Morgan fingerprint density at radius 3 is 2.15 bits per heavy atom. The Morgan fingerprint density at radius 2 is 1.58 bits per heavy atom. The van der Waals surface area contributed by atoms with Crippen LogP contribution in [0.3, 0.4) is 0 Å². The third-order valence-electron chi connectivity index (χ3n) is 4.01. The lowest BCUT2D eigenvalue weighted by atomic mass is 9.89. The Hall–Kier alpha value is -2.35. The molecule has 0 saturated carbocycles. The van der Waals surface area contributed by atoms with Crippen molar-refractivity contribution in [2.45, 2.75) is 24.9 Å². The molecule has 2 rings (SSSR count). The number of fused-ring (bicyclic) bond motifs is 1.